The summed E-state index contributed by atoms with van der Waals surface area (Å²) in [4.78, 5) is 8.46. The van der Waals surface area contributed by atoms with E-state index >= 15 is 0 Å². The first-order chi connectivity index (χ1) is 14.0. The summed E-state index contributed by atoms with van der Waals surface area (Å²) in [5, 5.41) is 6.10. The molecule has 0 aliphatic heterocycles. The molecule has 1 aliphatic rings. The van der Waals surface area contributed by atoms with E-state index in [0.29, 0.717) is 23.0 Å². The van der Waals surface area contributed by atoms with Crippen molar-refractivity contribution in [1.82, 2.24) is 9.97 Å². The molecule has 0 radical (unpaired) electrons. The Balaban J connectivity index is 1.47. The molecule has 3 aromatic rings. The summed E-state index contributed by atoms with van der Waals surface area (Å²) in [6, 6.07) is 16.4. The predicted octanol–water partition coefficient (Wildman–Crippen LogP) is 3.88. The maximum atomic E-state index is 12.1. The standard InChI is InChI=1S/C20H21N5O3S/c1-28-17-7-3-5-15(11-17)24-20-12-19(21-13-22-20)23-14-4-2-6-16(10-14)25-29(26,27)18-8-9-18/h2-7,10-13,18,25H,8-9H2,1H3,(H2,21,22,23,24). The molecule has 150 valence electrons. The van der Waals surface area contributed by atoms with Gasteiger partial charge in [-0.15, -0.1) is 0 Å². The van der Waals surface area contributed by atoms with Gasteiger partial charge in [0, 0.05) is 23.5 Å². The maximum Gasteiger partial charge on any atom is 0.235 e. The third-order valence-corrected chi connectivity index (χ3v) is 6.24. The van der Waals surface area contributed by atoms with Crippen LogP contribution in [0.1, 0.15) is 12.8 Å². The lowest BCUT2D eigenvalue weighted by Gasteiger charge is -2.11. The van der Waals surface area contributed by atoms with Gasteiger partial charge in [0.1, 0.15) is 23.7 Å². The minimum Gasteiger partial charge on any atom is -0.497 e. The van der Waals surface area contributed by atoms with Gasteiger partial charge in [-0.2, -0.15) is 0 Å². The number of nitrogens with zero attached hydrogens (tertiary/aromatic N) is 2. The van der Waals surface area contributed by atoms with Gasteiger partial charge < -0.3 is 15.4 Å². The van der Waals surface area contributed by atoms with Crippen LogP contribution in [0.3, 0.4) is 0 Å². The molecule has 0 saturated heterocycles. The van der Waals surface area contributed by atoms with E-state index in [1.807, 2.05) is 30.3 Å². The van der Waals surface area contributed by atoms with Gasteiger partial charge in [-0.05, 0) is 43.2 Å². The summed E-state index contributed by atoms with van der Waals surface area (Å²) in [5.41, 5.74) is 2.07. The van der Waals surface area contributed by atoms with Crippen molar-refractivity contribution in [2.24, 2.45) is 0 Å². The van der Waals surface area contributed by atoms with Gasteiger partial charge in [-0.1, -0.05) is 12.1 Å². The molecule has 0 amide bonds. The van der Waals surface area contributed by atoms with Crippen molar-refractivity contribution < 1.29 is 13.2 Å². The minimum atomic E-state index is -3.30. The number of benzene rings is 2. The fraction of sp³-hybridized carbons (Fsp3) is 0.200. The van der Waals surface area contributed by atoms with Crippen LogP contribution in [0, 0.1) is 0 Å². The molecule has 0 bridgehead atoms. The number of hydrogen-bond acceptors (Lipinski definition) is 7. The minimum absolute atomic E-state index is 0.272. The highest BCUT2D eigenvalue weighted by molar-refractivity contribution is 7.93. The van der Waals surface area contributed by atoms with Gasteiger partial charge in [-0.3, -0.25) is 4.72 Å². The van der Waals surface area contributed by atoms with Gasteiger partial charge in [0.05, 0.1) is 18.0 Å². The van der Waals surface area contributed by atoms with Gasteiger partial charge in [0.25, 0.3) is 0 Å². The lowest BCUT2D eigenvalue weighted by molar-refractivity contribution is 0.415. The van der Waals surface area contributed by atoms with Crippen molar-refractivity contribution in [1.29, 1.82) is 0 Å². The average Bonchev–Trinajstić information content (AvgIpc) is 3.54. The third-order valence-electron chi connectivity index (χ3n) is 4.37. The lowest BCUT2D eigenvalue weighted by Crippen LogP contribution is -2.17. The number of hydrogen-bond donors (Lipinski definition) is 3. The monoisotopic (exact) mass is 411 g/mol. The molecule has 1 saturated carbocycles. The Labute approximate surface area is 169 Å². The van der Waals surface area contributed by atoms with Gasteiger partial charge in [0.15, 0.2) is 0 Å². The SMILES string of the molecule is COc1cccc(Nc2cc(Nc3cccc(NS(=O)(=O)C4CC4)c3)ncn2)c1. The Kier molecular flexibility index (Phi) is 5.22. The summed E-state index contributed by atoms with van der Waals surface area (Å²) in [7, 11) is -1.68. The number of anilines is 5. The second-order valence-electron chi connectivity index (χ2n) is 6.70. The van der Waals surface area contributed by atoms with Crippen LogP contribution in [0.2, 0.25) is 0 Å². The normalized spacial score (nSPS) is 13.6. The van der Waals surface area contributed by atoms with Crippen LogP contribution in [0.25, 0.3) is 0 Å². The first-order valence-corrected chi connectivity index (χ1v) is 10.7. The molecular formula is C20H21N5O3S. The van der Waals surface area contributed by atoms with Crippen molar-refractivity contribution in [3.05, 3.63) is 60.9 Å². The molecule has 1 aromatic heterocycles. The molecular weight excluding hydrogens is 390 g/mol. The zero-order chi connectivity index (χ0) is 20.3. The Hall–Kier alpha value is -3.33. The van der Waals surface area contributed by atoms with E-state index < -0.39 is 10.0 Å². The number of aromatic nitrogens is 2. The Morgan fingerprint density at radius 2 is 1.52 bits per heavy atom. The zero-order valence-electron chi connectivity index (χ0n) is 15.8. The molecule has 1 fully saturated rings. The molecule has 2 aromatic carbocycles. The summed E-state index contributed by atoms with van der Waals surface area (Å²) in [6.07, 6.45) is 2.89. The highest BCUT2D eigenvalue weighted by atomic mass is 32.2. The lowest BCUT2D eigenvalue weighted by atomic mass is 10.3. The number of methoxy groups -OCH3 is 1. The Bertz CT molecular complexity index is 1120. The third kappa shape index (κ3) is 4.94. The molecule has 3 N–H and O–H groups in total. The second-order valence-corrected chi connectivity index (χ2v) is 8.66. The van der Waals surface area contributed by atoms with E-state index in [4.69, 9.17) is 4.74 Å². The molecule has 9 heteroatoms. The zero-order valence-corrected chi connectivity index (χ0v) is 16.6. The van der Waals surface area contributed by atoms with Crippen LogP contribution in [0.15, 0.2) is 60.9 Å². The highest BCUT2D eigenvalue weighted by Gasteiger charge is 2.35. The van der Waals surface area contributed by atoms with Crippen molar-refractivity contribution in [3.63, 3.8) is 0 Å². The van der Waals surface area contributed by atoms with Crippen LogP contribution >= 0.6 is 0 Å². The summed E-state index contributed by atoms with van der Waals surface area (Å²) >= 11 is 0. The smallest absolute Gasteiger partial charge is 0.235 e. The predicted molar refractivity (Wildman–Crippen MR) is 114 cm³/mol. The number of sulfonamides is 1. The van der Waals surface area contributed by atoms with Crippen LogP contribution in [0.5, 0.6) is 5.75 Å². The highest BCUT2D eigenvalue weighted by Crippen LogP contribution is 2.30. The van der Waals surface area contributed by atoms with E-state index in [1.54, 1.807) is 31.4 Å². The molecule has 0 atom stereocenters. The van der Waals surface area contributed by atoms with E-state index in [0.717, 1.165) is 24.3 Å². The molecule has 4 rings (SSSR count). The van der Waals surface area contributed by atoms with Gasteiger partial charge in [0.2, 0.25) is 10.0 Å². The number of nitrogens with one attached hydrogen (secondary N) is 3. The van der Waals surface area contributed by atoms with E-state index in [9.17, 15) is 8.42 Å². The molecule has 1 aliphatic carbocycles. The largest absolute Gasteiger partial charge is 0.497 e. The van der Waals surface area contributed by atoms with E-state index in [-0.39, 0.29) is 5.25 Å². The van der Waals surface area contributed by atoms with Gasteiger partial charge in [-0.25, -0.2) is 18.4 Å². The topological polar surface area (TPSA) is 105 Å². The first-order valence-electron chi connectivity index (χ1n) is 9.14. The second kappa shape index (κ2) is 7.96. The van der Waals surface area contributed by atoms with Crippen LogP contribution < -0.4 is 20.1 Å². The first kappa shape index (κ1) is 19.0. The maximum absolute atomic E-state index is 12.1. The number of rotatable bonds is 8. The molecule has 0 unspecified atom stereocenters. The fourth-order valence-corrected chi connectivity index (χ4v) is 4.16. The molecule has 29 heavy (non-hydrogen) atoms. The molecule has 1 heterocycles. The van der Waals surface area contributed by atoms with E-state index in [1.165, 1.54) is 6.33 Å². The molecule has 8 nitrogen and oxygen atoms in total. The van der Waals surface area contributed by atoms with Crippen molar-refractivity contribution in [3.8, 4) is 5.75 Å². The Morgan fingerprint density at radius 3 is 2.17 bits per heavy atom. The van der Waals surface area contributed by atoms with Crippen LogP contribution in [0.4, 0.5) is 28.7 Å². The average molecular weight is 411 g/mol. The van der Waals surface area contributed by atoms with Gasteiger partial charge >= 0.3 is 0 Å². The Morgan fingerprint density at radius 1 is 0.897 bits per heavy atom. The summed E-state index contributed by atoms with van der Waals surface area (Å²) in [6.45, 7) is 0. The fourth-order valence-electron chi connectivity index (χ4n) is 2.78. The van der Waals surface area contributed by atoms with Crippen LogP contribution in [-0.4, -0.2) is 30.7 Å². The van der Waals surface area contributed by atoms with Crippen LogP contribution in [-0.2, 0) is 10.0 Å². The van der Waals surface area contributed by atoms with E-state index in [2.05, 4.69) is 25.3 Å². The number of ether oxygens (including phenoxy) is 1. The van der Waals surface area contributed by atoms with Crippen molar-refractivity contribution in [2.75, 3.05) is 22.5 Å². The summed E-state index contributed by atoms with van der Waals surface area (Å²) in [5.74, 6) is 1.93. The van der Waals surface area contributed by atoms with Crippen molar-refractivity contribution in [2.45, 2.75) is 18.1 Å². The quantitative estimate of drug-likeness (QED) is 0.517. The summed E-state index contributed by atoms with van der Waals surface area (Å²) < 4.78 is 32.1. The van der Waals surface area contributed by atoms with Crippen molar-refractivity contribution >= 4 is 38.7 Å². The molecule has 0 spiro atoms.